The molecule has 1 aliphatic carbocycles. The molecule has 0 radical (unpaired) electrons. The Morgan fingerprint density at radius 1 is 1.07 bits per heavy atom. The van der Waals surface area contributed by atoms with Gasteiger partial charge in [0.15, 0.2) is 0 Å². The van der Waals surface area contributed by atoms with Crippen LogP contribution >= 0.6 is 0 Å². The van der Waals surface area contributed by atoms with Crippen LogP contribution in [0.5, 0.6) is 5.75 Å². The molecule has 6 heteroatoms. The summed E-state index contributed by atoms with van der Waals surface area (Å²) in [5.74, 6) is 0.952. The van der Waals surface area contributed by atoms with Crippen LogP contribution in [-0.2, 0) is 20.7 Å². The normalized spacial score (nSPS) is 15.3. The molecule has 0 spiro atoms. The summed E-state index contributed by atoms with van der Waals surface area (Å²) in [6, 6.07) is 5.82. The molecule has 156 valence electrons. The predicted molar refractivity (Wildman–Crippen MR) is 109 cm³/mol. The summed E-state index contributed by atoms with van der Waals surface area (Å²) in [4.78, 5) is 29.0. The van der Waals surface area contributed by atoms with Crippen LogP contribution in [-0.4, -0.2) is 69.6 Å². The molecule has 1 aromatic rings. The van der Waals surface area contributed by atoms with Gasteiger partial charge in [0.2, 0.25) is 11.8 Å². The third-order valence-electron chi connectivity index (χ3n) is 5.81. The highest BCUT2D eigenvalue weighted by molar-refractivity contribution is 5.83. The maximum Gasteiger partial charge on any atom is 0.230 e. The minimum absolute atomic E-state index is 0.0271. The van der Waals surface area contributed by atoms with E-state index >= 15 is 0 Å². The second-order valence-corrected chi connectivity index (χ2v) is 7.94. The number of carbonyl (C=O) groups excluding carboxylic acids is 2. The van der Waals surface area contributed by atoms with Gasteiger partial charge in [0.1, 0.15) is 5.75 Å². The van der Waals surface area contributed by atoms with Crippen LogP contribution < -0.4 is 4.74 Å². The number of likely N-dealkylation sites (N-methyl/N-ethyl adjacent to an activating group) is 2. The van der Waals surface area contributed by atoms with E-state index in [1.165, 1.54) is 0 Å². The average molecular weight is 391 g/mol. The van der Waals surface area contributed by atoms with Gasteiger partial charge in [0, 0.05) is 34.3 Å². The smallest absolute Gasteiger partial charge is 0.230 e. The molecule has 1 fully saturated rings. The van der Waals surface area contributed by atoms with Crippen molar-refractivity contribution < 1.29 is 19.1 Å². The van der Waals surface area contributed by atoms with Crippen LogP contribution in [0.15, 0.2) is 18.2 Å². The lowest BCUT2D eigenvalue weighted by molar-refractivity contribution is -0.144. The van der Waals surface area contributed by atoms with Gasteiger partial charge in [-0.2, -0.15) is 0 Å². The van der Waals surface area contributed by atoms with Crippen LogP contribution in [0, 0.1) is 12.3 Å². The Morgan fingerprint density at radius 3 is 2.32 bits per heavy atom. The Morgan fingerprint density at radius 2 is 1.71 bits per heavy atom. The molecule has 0 aliphatic heterocycles. The van der Waals surface area contributed by atoms with Crippen molar-refractivity contribution in [1.82, 2.24) is 9.80 Å². The van der Waals surface area contributed by atoms with Gasteiger partial charge in [-0.25, -0.2) is 0 Å². The third-order valence-corrected chi connectivity index (χ3v) is 5.81. The molecule has 1 saturated carbocycles. The van der Waals surface area contributed by atoms with E-state index in [0.717, 1.165) is 42.6 Å². The topological polar surface area (TPSA) is 59.1 Å². The molecular weight excluding hydrogens is 356 g/mol. The van der Waals surface area contributed by atoms with Gasteiger partial charge < -0.3 is 19.3 Å². The first kappa shape index (κ1) is 22.2. The maximum atomic E-state index is 13.0. The highest BCUT2D eigenvalue weighted by Crippen LogP contribution is 2.39. The fourth-order valence-electron chi connectivity index (χ4n) is 3.96. The van der Waals surface area contributed by atoms with Crippen molar-refractivity contribution in [1.29, 1.82) is 0 Å². The fraction of sp³-hybridized carbons (Fsp3) is 0.636. The van der Waals surface area contributed by atoms with Crippen molar-refractivity contribution in [2.75, 3.05) is 48.0 Å². The standard InChI is InChI=1S/C22H34N2O4/c1-17-8-9-18(14-19(17)28-5)15-20(25)23(2)12-13-24(3)21(26)22(16-27-4)10-6-7-11-22/h8-9,14H,6-7,10-13,15-16H2,1-5H3. The number of nitrogens with zero attached hydrogens (tertiary/aromatic N) is 2. The summed E-state index contributed by atoms with van der Waals surface area (Å²) >= 11 is 0. The van der Waals surface area contributed by atoms with E-state index in [2.05, 4.69) is 0 Å². The number of hydrogen-bond acceptors (Lipinski definition) is 4. The Labute approximate surface area is 168 Å². The molecule has 0 atom stereocenters. The number of carbonyl (C=O) groups is 2. The Kier molecular flexibility index (Phi) is 7.87. The Hall–Kier alpha value is -2.08. The quantitative estimate of drug-likeness (QED) is 0.650. The number of aryl methyl sites for hydroxylation is 1. The van der Waals surface area contributed by atoms with Crippen LogP contribution in [0.1, 0.15) is 36.8 Å². The average Bonchev–Trinajstić information content (AvgIpc) is 3.16. The van der Waals surface area contributed by atoms with Crippen LogP contribution in [0.3, 0.4) is 0 Å². The van der Waals surface area contributed by atoms with E-state index in [1.807, 2.05) is 32.2 Å². The van der Waals surface area contributed by atoms with E-state index in [0.29, 0.717) is 26.1 Å². The summed E-state index contributed by atoms with van der Waals surface area (Å²) in [5, 5.41) is 0. The first-order chi connectivity index (χ1) is 13.3. The molecule has 0 unspecified atom stereocenters. The van der Waals surface area contributed by atoms with Crippen LogP contribution in [0.25, 0.3) is 0 Å². The Balaban J connectivity index is 1.89. The number of amides is 2. The van der Waals surface area contributed by atoms with Gasteiger partial charge in [-0.15, -0.1) is 0 Å². The van der Waals surface area contributed by atoms with Crippen molar-refractivity contribution in [3.05, 3.63) is 29.3 Å². The van der Waals surface area contributed by atoms with Gasteiger partial charge in [-0.1, -0.05) is 25.0 Å². The van der Waals surface area contributed by atoms with Gasteiger partial charge >= 0.3 is 0 Å². The zero-order valence-electron chi connectivity index (χ0n) is 17.9. The van der Waals surface area contributed by atoms with E-state index in [1.54, 1.807) is 31.1 Å². The molecule has 0 bridgehead atoms. The number of methoxy groups -OCH3 is 2. The maximum absolute atomic E-state index is 13.0. The number of ether oxygens (including phenoxy) is 2. The van der Waals surface area contributed by atoms with Gasteiger partial charge in [0.25, 0.3) is 0 Å². The van der Waals surface area contributed by atoms with Gasteiger partial charge in [-0.05, 0) is 37.0 Å². The van der Waals surface area contributed by atoms with Crippen molar-refractivity contribution >= 4 is 11.8 Å². The van der Waals surface area contributed by atoms with Crippen molar-refractivity contribution in [2.24, 2.45) is 5.41 Å². The number of rotatable bonds is 9. The van der Waals surface area contributed by atoms with Gasteiger partial charge in [0.05, 0.1) is 25.6 Å². The molecule has 6 nitrogen and oxygen atoms in total. The largest absolute Gasteiger partial charge is 0.496 e. The highest BCUT2D eigenvalue weighted by atomic mass is 16.5. The molecular formula is C22H34N2O4. The lowest BCUT2D eigenvalue weighted by Crippen LogP contribution is -2.46. The lowest BCUT2D eigenvalue weighted by atomic mass is 9.85. The van der Waals surface area contributed by atoms with Crippen LogP contribution in [0.4, 0.5) is 0 Å². The van der Waals surface area contributed by atoms with Crippen molar-refractivity contribution in [3.8, 4) is 5.75 Å². The molecule has 2 rings (SSSR count). The molecule has 0 saturated heterocycles. The van der Waals surface area contributed by atoms with E-state index in [4.69, 9.17) is 9.47 Å². The molecule has 0 aromatic heterocycles. The second-order valence-electron chi connectivity index (χ2n) is 7.94. The predicted octanol–water partition coefficient (Wildman–Crippen LogP) is 2.67. The second kappa shape index (κ2) is 9.92. The van der Waals surface area contributed by atoms with E-state index in [9.17, 15) is 9.59 Å². The van der Waals surface area contributed by atoms with Crippen LogP contribution in [0.2, 0.25) is 0 Å². The van der Waals surface area contributed by atoms with Crippen molar-refractivity contribution in [2.45, 2.75) is 39.0 Å². The lowest BCUT2D eigenvalue weighted by Gasteiger charge is -2.32. The monoisotopic (exact) mass is 390 g/mol. The minimum atomic E-state index is -0.384. The molecule has 1 aromatic carbocycles. The first-order valence-corrected chi connectivity index (χ1v) is 9.95. The number of hydrogen-bond donors (Lipinski definition) is 0. The summed E-state index contributed by atoms with van der Waals surface area (Å²) in [5.41, 5.74) is 1.59. The molecule has 1 aliphatic rings. The van der Waals surface area contributed by atoms with Gasteiger partial charge in [-0.3, -0.25) is 9.59 Å². The zero-order chi connectivity index (χ0) is 20.7. The third kappa shape index (κ3) is 5.25. The SMILES string of the molecule is COCC1(C(=O)N(C)CCN(C)C(=O)Cc2ccc(C)c(OC)c2)CCCC1. The Bertz CT molecular complexity index is 683. The summed E-state index contributed by atoms with van der Waals surface area (Å²) in [6.45, 7) is 3.47. The summed E-state index contributed by atoms with van der Waals surface area (Å²) in [7, 11) is 6.89. The first-order valence-electron chi connectivity index (χ1n) is 9.95. The molecule has 0 heterocycles. The highest BCUT2D eigenvalue weighted by Gasteiger charge is 2.42. The van der Waals surface area contributed by atoms with E-state index in [-0.39, 0.29) is 17.2 Å². The molecule has 28 heavy (non-hydrogen) atoms. The fourth-order valence-corrected chi connectivity index (χ4v) is 3.96. The molecule has 2 amide bonds. The number of benzene rings is 1. The van der Waals surface area contributed by atoms with Crippen molar-refractivity contribution in [3.63, 3.8) is 0 Å². The van der Waals surface area contributed by atoms with E-state index < -0.39 is 0 Å². The summed E-state index contributed by atoms with van der Waals surface area (Å²) in [6.07, 6.45) is 4.23. The molecule has 0 N–H and O–H groups in total. The zero-order valence-corrected chi connectivity index (χ0v) is 17.9. The summed E-state index contributed by atoms with van der Waals surface area (Å²) < 4.78 is 10.7. The minimum Gasteiger partial charge on any atom is -0.496 e.